The van der Waals surface area contributed by atoms with E-state index in [1.54, 1.807) is 11.3 Å². The standard InChI is InChI=1S/C22H25N3O3S/c1-27-21(26)23-14-16-10-12-25(13-11-16)15-17-6-8-18(9-7-17)28-22-24-19-4-2-3-5-20(19)29-22/h2-9,16H,10-15H2,1H3,(H,23,26). The fourth-order valence-corrected chi connectivity index (χ4v) is 4.40. The number of aromatic nitrogens is 1. The Bertz CT molecular complexity index is 916. The van der Waals surface area contributed by atoms with E-state index < -0.39 is 0 Å². The van der Waals surface area contributed by atoms with Gasteiger partial charge in [-0.05, 0) is 61.7 Å². The van der Waals surface area contributed by atoms with Crippen molar-refractivity contribution in [1.82, 2.24) is 15.2 Å². The fraction of sp³-hybridized carbons (Fsp3) is 0.364. The molecule has 2 heterocycles. The van der Waals surface area contributed by atoms with Crippen molar-refractivity contribution >= 4 is 27.6 Å². The van der Waals surface area contributed by atoms with E-state index in [1.807, 2.05) is 30.3 Å². The number of amides is 1. The number of benzene rings is 2. The highest BCUT2D eigenvalue weighted by Gasteiger charge is 2.20. The maximum Gasteiger partial charge on any atom is 0.406 e. The molecule has 0 aliphatic carbocycles. The van der Waals surface area contributed by atoms with Crippen molar-refractivity contribution in [3.63, 3.8) is 0 Å². The third-order valence-corrected chi connectivity index (χ3v) is 6.15. The summed E-state index contributed by atoms with van der Waals surface area (Å²) in [5.41, 5.74) is 2.24. The predicted octanol–water partition coefficient (Wildman–Crippen LogP) is 4.66. The fourth-order valence-electron chi connectivity index (χ4n) is 3.57. The van der Waals surface area contributed by atoms with Crippen molar-refractivity contribution in [2.75, 3.05) is 26.7 Å². The van der Waals surface area contributed by atoms with Crippen LogP contribution in [0.4, 0.5) is 4.79 Å². The van der Waals surface area contributed by atoms with Gasteiger partial charge in [0.2, 0.25) is 0 Å². The minimum Gasteiger partial charge on any atom is -0.453 e. The van der Waals surface area contributed by atoms with Crippen LogP contribution in [0.2, 0.25) is 0 Å². The molecule has 0 bridgehead atoms. The first-order chi connectivity index (χ1) is 14.2. The Morgan fingerprint density at radius 1 is 1.17 bits per heavy atom. The summed E-state index contributed by atoms with van der Waals surface area (Å²) in [5.74, 6) is 1.33. The topological polar surface area (TPSA) is 63.7 Å². The van der Waals surface area contributed by atoms with Crippen molar-refractivity contribution in [2.24, 2.45) is 5.92 Å². The second-order valence-corrected chi connectivity index (χ2v) is 8.28. The zero-order valence-corrected chi connectivity index (χ0v) is 17.3. The van der Waals surface area contributed by atoms with Crippen LogP contribution >= 0.6 is 11.3 Å². The van der Waals surface area contributed by atoms with Gasteiger partial charge in [0.05, 0.1) is 17.3 Å². The van der Waals surface area contributed by atoms with Gasteiger partial charge < -0.3 is 14.8 Å². The number of fused-ring (bicyclic) bond motifs is 1. The normalized spacial score (nSPS) is 15.3. The van der Waals surface area contributed by atoms with Crippen LogP contribution in [0.15, 0.2) is 48.5 Å². The Morgan fingerprint density at radius 2 is 1.93 bits per heavy atom. The van der Waals surface area contributed by atoms with Crippen LogP contribution < -0.4 is 10.1 Å². The number of thiazole rings is 1. The maximum absolute atomic E-state index is 11.2. The van der Waals surface area contributed by atoms with Crippen LogP contribution in [0, 0.1) is 5.92 Å². The lowest BCUT2D eigenvalue weighted by molar-refractivity contribution is 0.155. The van der Waals surface area contributed by atoms with Gasteiger partial charge in [0.1, 0.15) is 5.75 Å². The summed E-state index contributed by atoms with van der Waals surface area (Å²) in [6, 6.07) is 16.3. The molecule has 0 radical (unpaired) electrons. The second-order valence-electron chi connectivity index (χ2n) is 7.29. The van der Waals surface area contributed by atoms with E-state index in [2.05, 4.69) is 38.1 Å². The summed E-state index contributed by atoms with van der Waals surface area (Å²) in [4.78, 5) is 18.2. The number of likely N-dealkylation sites (tertiary alicyclic amines) is 1. The Balaban J connectivity index is 1.26. The molecule has 1 N–H and O–H groups in total. The number of hydrogen-bond donors (Lipinski definition) is 1. The number of ether oxygens (including phenoxy) is 2. The van der Waals surface area contributed by atoms with E-state index in [0.29, 0.717) is 17.7 Å². The van der Waals surface area contributed by atoms with E-state index in [0.717, 1.165) is 48.4 Å². The molecule has 1 fully saturated rings. The molecule has 2 aromatic carbocycles. The van der Waals surface area contributed by atoms with Crippen LogP contribution in [0.1, 0.15) is 18.4 Å². The highest BCUT2D eigenvalue weighted by Crippen LogP contribution is 2.31. The van der Waals surface area contributed by atoms with Gasteiger partial charge in [0.25, 0.3) is 5.19 Å². The monoisotopic (exact) mass is 411 g/mol. The number of methoxy groups -OCH3 is 1. The van der Waals surface area contributed by atoms with Crippen LogP contribution in [-0.2, 0) is 11.3 Å². The zero-order valence-electron chi connectivity index (χ0n) is 16.5. The molecule has 0 atom stereocenters. The molecular formula is C22H25N3O3S. The Kier molecular flexibility index (Phi) is 6.27. The average molecular weight is 412 g/mol. The molecule has 0 spiro atoms. The number of carbonyl (C=O) groups is 1. The van der Waals surface area contributed by atoms with Crippen molar-refractivity contribution in [3.8, 4) is 10.9 Å². The third-order valence-electron chi connectivity index (χ3n) is 5.24. The molecule has 1 amide bonds. The first-order valence-electron chi connectivity index (χ1n) is 9.86. The van der Waals surface area contributed by atoms with Gasteiger partial charge in [0.15, 0.2) is 0 Å². The summed E-state index contributed by atoms with van der Waals surface area (Å²) in [7, 11) is 1.40. The SMILES string of the molecule is COC(=O)NCC1CCN(Cc2ccc(Oc3nc4ccccc4s3)cc2)CC1. The Labute approximate surface area is 174 Å². The van der Waals surface area contributed by atoms with Crippen molar-refractivity contribution in [3.05, 3.63) is 54.1 Å². The van der Waals surface area contributed by atoms with E-state index in [4.69, 9.17) is 4.74 Å². The van der Waals surface area contributed by atoms with E-state index in [-0.39, 0.29) is 6.09 Å². The minimum atomic E-state index is -0.347. The molecule has 1 aliphatic heterocycles. The van der Waals surface area contributed by atoms with E-state index in [1.165, 1.54) is 12.7 Å². The van der Waals surface area contributed by atoms with Gasteiger partial charge >= 0.3 is 6.09 Å². The number of nitrogens with zero attached hydrogens (tertiary/aromatic N) is 2. The van der Waals surface area contributed by atoms with Crippen LogP contribution in [0.5, 0.6) is 10.9 Å². The van der Waals surface area contributed by atoms with Crippen molar-refractivity contribution < 1.29 is 14.3 Å². The van der Waals surface area contributed by atoms with Crippen molar-refractivity contribution in [2.45, 2.75) is 19.4 Å². The molecule has 6 nitrogen and oxygen atoms in total. The number of carbonyl (C=O) groups excluding carboxylic acids is 1. The van der Waals surface area contributed by atoms with Crippen LogP contribution in [0.25, 0.3) is 10.2 Å². The zero-order chi connectivity index (χ0) is 20.1. The van der Waals surface area contributed by atoms with Gasteiger partial charge in [-0.3, -0.25) is 4.90 Å². The number of para-hydroxylation sites is 1. The number of hydrogen-bond acceptors (Lipinski definition) is 6. The highest BCUT2D eigenvalue weighted by molar-refractivity contribution is 7.20. The summed E-state index contributed by atoms with van der Waals surface area (Å²) in [6.45, 7) is 3.70. The number of alkyl carbamates (subject to hydrolysis) is 1. The molecule has 0 unspecified atom stereocenters. The van der Waals surface area contributed by atoms with E-state index >= 15 is 0 Å². The number of piperidine rings is 1. The Hall–Kier alpha value is -2.64. The predicted molar refractivity (Wildman–Crippen MR) is 115 cm³/mol. The molecule has 1 aliphatic rings. The maximum atomic E-state index is 11.2. The molecule has 7 heteroatoms. The second kappa shape index (κ2) is 9.24. The molecular weight excluding hydrogens is 386 g/mol. The first kappa shape index (κ1) is 19.7. The van der Waals surface area contributed by atoms with E-state index in [9.17, 15) is 4.79 Å². The molecule has 29 heavy (non-hydrogen) atoms. The van der Waals surface area contributed by atoms with Gasteiger partial charge in [0, 0.05) is 13.1 Å². The molecule has 1 saturated heterocycles. The number of rotatable bonds is 6. The van der Waals surface area contributed by atoms with Gasteiger partial charge in [-0.15, -0.1) is 0 Å². The largest absolute Gasteiger partial charge is 0.453 e. The summed E-state index contributed by atoms with van der Waals surface area (Å²) >= 11 is 1.56. The molecule has 0 saturated carbocycles. The highest BCUT2D eigenvalue weighted by atomic mass is 32.1. The lowest BCUT2D eigenvalue weighted by atomic mass is 9.96. The molecule has 152 valence electrons. The minimum absolute atomic E-state index is 0.347. The van der Waals surface area contributed by atoms with Gasteiger partial charge in [-0.25, -0.2) is 9.78 Å². The smallest absolute Gasteiger partial charge is 0.406 e. The van der Waals surface area contributed by atoms with Gasteiger partial charge in [-0.2, -0.15) is 0 Å². The first-order valence-corrected chi connectivity index (χ1v) is 10.7. The van der Waals surface area contributed by atoms with Crippen molar-refractivity contribution in [1.29, 1.82) is 0 Å². The Morgan fingerprint density at radius 3 is 2.66 bits per heavy atom. The summed E-state index contributed by atoms with van der Waals surface area (Å²) in [6.07, 6.45) is 1.83. The quantitative estimate of drug-likeness (QED) is 0.639. The summed E-state index contributed by atoms with van der Waals surface area (Å²) in [5, 5.41) is 3.47. The lowest BCUT2D eigenvalue weighted by Crippen LogP contribution is -2.38. The third kappa shape index (κ3) is 5.25. The van der Waals surface area contributed by atoms with Gasteiger partial charge in [-0.1, -0.05) is 35.6 Å². The average Bonchev–Trinajstić information content (AvgIpc) is 3.16. The van der Waals surface area contributed by atoms with Crippen LogP contribution in [-0.4, -0.2) is 42.7 Å². The summed E-state index contributed by atoms with van der Waals surface area (Å²) < 4.78 is 11.7. The molecule has 4 rings (SSSR count). The molecule has 3 aromatic rings. The lowest BCUT2D eigenvalue weighted by Gasteiger charge is -2.31. The van der Waals surface area contributed by atoms with Crippen LogP contribution in [0.3, 0.4) is 0 Å². The molecule has 1 aromatic heterocycles. The number of nitrogens with one attached hydrogen (secondary N) is 1.